The van der Waals surface area contributed by atoms with Crippen molar-refractivity contribution in [3.63, 3.8) is 0 Å². The van der Waals surface area contributed by atoms with Crippen molar-refractivity contribution in [2.45, 2.75) is 58.0 Å². The average molecular weight is 302 g/mol. The molecule has 0 aliphatic rings. The maximum absolute atomic E-state index is 12.1. The van der Waals surface area contributed by atoms with E-state index < -0.39 is 11.7 Å². The summed E-state index contributed by atoms with van der Waals surface area (Å²) in [6.07, 6.45) is 1.82. The molecule has 0 heterocycles. The number of thioether (sulfide) groups is 1. The lowest BCUT2D eigenvalue weighted by Crippen LogP contribution is -2.64. The van der Waals surface area contributed by atoms with Crippen LogP contribution in [0, 0.1) is 5.92 Å². The van der Waals surface area contributed by atoms with Gasteiger partial charge in [-0.05, 0) is 25.0 Å². The molecule has 116 valence electrons. The maximum atomic E-state index is 12.1. The van der Waals surface area contributed by atoms with Gasteiger partial charge in [0.2, 0.25) is 5.91 Å². The lowest BCUT2D eigenvalue weighted by atomic mass is 10.0. The first-order valence-corrected chi connectivity index (χ1v) is 8.03. The smallest absolute Gasteiger partial charge is 0.234 e. The number of carbonyl (C=O) groups is 3. The molecule has 20 heavy (non-hydrogen) atoms. The molecule has 0 saturated heterocycles. The van der Waals surface area contributed by atoms with Gasteiger partial charge in [-0.15, -0.1) is 11.8 Å². The third kappa shape index (κ3) is 5.63. The summed E-state index contributed by atoms with van der Waals surface area (Å²) in [5, 5.41) is 5.47. The lowest BCUT2D eigenvalue weighted by Gasteiger charge is -2.34. The molecule has 0 radical (unpaired) electrons. The molecule has 0 fully saturated rings. The van der Waals surface area contributed by atoms with Crippen LogP contribution in [0.4, 0.5) is 0 Å². The van der Waals surface area contributed by atoms with E-state index in [1.807, 2.05) is 20.8 Å². The van der Waals surface area contributed by atoms with Crippen LogP contribution in [0.3, 0.4) is 0 Å². The highest BCUT2D eigenvalue weighted by Gasteiger charge is 2.34. The Hall–Kier alpha value is -0.880. The molecule has 0 aliphatic carbocycles. The monoisotopic (exact) mass is 302 g/mol. The molecule has 0 rings (SSSR count). The number of aldehydes is 2. The second-order valence-electron chi connectivity index (χ2n) is 5.08. The molecular formula is C14H26N2O3S. The van der Waals surface area contributed by atoms with Gasteiger partial charge in [0.25, 0.3) is 0 Å². The largest absolute Gasteiger partial charge is 0.331 e. The number of carbonyl (C=O) groups excluding carboxylic acids is 3. The van der Waals surface area contributed by atoms with Crippen molar-refractivity contribution in [1.29, 1.82) is 0 Å². The van der Waals surface area contributed by atoms with Gasteiger partial charge in [-0.1, -0.05) is 27.7 Å². The summed E-state index contributed by atoms with van der Waals surface area (Å²) in [6.45, 7) is 9.33. The molecule has 0 aromatic carbocycles. The first kappa shape index (κ1) is 19.1. The summed E-state index contributed by atoms with van der Waals surface area (Å²) in [5.74, 6) is 0.662. The molecule has 0 aliphatic heterocycles. The first-order valence-electron chi connectivity index (χ1n) is 6.98. The highest BCUT2D eigenvalue weighted by atomic mass is 32.2. The van der Waals surface area contributed by atoms with Gasteiger partial charge in [0.05, 0.1) is 11.3 Å². The summed E-state index contributed by atoms with van der Waals surface area (Å²) >= 11 is 1.51. The summed E-state index contributed by atoms with van der Waals surface area (Å²) in [7, 11) is 0. The highest BCUT2D eigenvalue weighted by Crippen LogP contribution is 2.13. The number of amides is 1. The van der Waals surface area contributed by atoms with E-state index in [-0.39, 0.29) is 17.1 Å². The zero-order valence-corrected chi connectivity index (χ0v) is 13.8. The van der Waals surface area contributed by atoms with E-state index in [0.717, 1.165) is 12.0 Å². The van der Waals surface area contributed by atoms with Crippen LogP contribution in [0.1, 0.15) is 41.0 Å². The van der Waals surface area contributed by atoms with E-state index >= 15 is 0 Å². The molecule has 1 amide bonds. The van der Waals surface area contributed by atoms with E-state index in [0.29, 0.717) is 12.7 Å². The van der Waals surface area contributed by atoms with Crippen LogP contribution >= 0.6 is 11.8 Å². The summed E-state index contributed by atoms with van der Waals surface area (Å²) in [4.78, 5) is 34.6. The fourth-order valence-corrected chi connectivity index (χ4v) is 2.39. The third-order valence-electron chi connectivity index (χ3n) is 3.18. The van der Waals surface area contributed by atoms with Crippen molar-refractivity contribution in [3.8, 4) is 0 Å². The van der Waals surface area contributed by atoms with Crippen LogP contribution in [0.5, 0.6) is 0 Å². The van der Waals surface area contributed by atoms with Crippen molar-refractivity contribution in [1.82, 2.24) is 10.6 Å². The summed E-state index contributed by atoms with van der Waals surface area (Å²) in [6, 6.07) is -0.477. The van der Waals surface area contributed by atoms with Crippen molar-refractivity contribution in [3.05, 3.63) is 0 Å². The minimum absolute atomic E-state index is 0.0396. The Morgan fingerprint density at radius 3 is 2.20 bits per heavy atom. The van der Waals surface area contributed by atoms with Crippen LogP contribution in [-0.4, -0.2) is 41.2 Å². The fourth-order valence-electron chi connectivity index (χ4n) is 1.68. The minimum Gasteiger partial charge on any atom is -0.331 e. The van der Waals surface area contributed by atoms with Crippen molar-refractivity contribution in [2.24, 2.45) is 5.92 Å². The summed E-state index contributed by atoms with van der Waals surface area (Å²) in [5.41, 5.74) is -1.19. The van der Waals surface area contributed by atoms with E-state index in [9.17, 15) is 14.4 Å². The standard InChI is InChI=1S/C14H26N2O3S/c1-6-14(9-18,15-12(8-17)10(3)4)16-13(19)11(5)20-7-2/h8-12,15H,6-7H2,1-5H3,(H,16,19). The normalized spacial score (nSPS) is 17.1. The van der Waals surface area contributed by atoms with Crippen LogP contribution < -0.4 is 10.6 Å². The lowest BCUT2D eigenvalue weighted by molar-refractivity contribution is -0.128. The topological polar surface area (TPSA) is 75.3 Å². The third-order valence-corrected chi connectivity index (χ3v) is 4.23. The SMILES string of the molecule is CCSC(C)C(=O)NC(C=O)(CC)NC(C=O)C(C)C. The minimum atomic E-state index is -1.19. The molecule has 3 atom stereocenters. The molecule has 2 N–H and O–H groups in total. The molecule has 0 saturated carbocycles. The van der Waals surface area contributed by atoms with E-state index in [2.05, 4.69) is 10.6 Å². The van der Waals surface area contributed by atoms with Crippen LogP contribution in [0.15, 0.2) is 0 Å². The Balaban J connectivity index is 4.96. The number of nitrogens with one attached hydrogen (secondary N) is 2. The van der Waals surface area contributed by atoms with Gasteiger partial charge in [-0.25, -0.2) is 0 Å². The zero-order chi connectivity index (χ0) is 15.8. The molecule has 0 aromatic rings. The highest BCUT2D eigenvalue weighted by molar-refractivity contribution is 8.00. The van der Waals surface area contributed by atoms with Gasteiger partial charge in [0.1, 0.15) is 11.9 Å². The van der Waals surface area contributed by atoms with Gasteiger partial charge in [0.15, 0.2) is 6.29 Å². The molecule has 6 heteroatoms. The first-order chi connectivity index (χ1) is 9.35. The predicted molar refractivity (Wildman–Crippen MR) is 82.6 cm³/mol. The van der Waals surface area contributed by atoms with Crippen molar-refractivity contribution < 1.29 is 14.4 Å². The molecular weight excluding hydrogens is 276 g/mol. The van der Waals surface area contributed by atoms with Crippen LogP contribution in [0.25, 0.3) is 0 Å². The Morgan fingerprint density at radius 1 is 1.25 bits per heavy atom. The number of rotatable bonds is 10. The predicted octanol–water partition coefficient (Wildman–Crippen LogP) is 1.36. The van der Waals surface area contributed by atoms with Crippen molar-refractivity contribution in [2.75, 3.05) is 5.75 Å². The quantitative estimate of drug-likeness (QED) is 0.471. The molecule has 0 aromatic heterocycles. The molecule has 0 bridgehead atoms. The van der Waals surface area contributed by atoms with Gasteiger partial charge in [-0.2, -0.15) is 0 Å². The summed E-state index contributed by atoms with van der Waals surface area (Å²) < 4.78 is 0. The second-order valence-corrected chi connectivity index (χ2v) is 6.70. The Kier molecular flexibility index (Phi) is 8.73. The fraction of sp³-hybridized carbons (Fsp3) is 0.786. The average Bonchev–Trinajstić information content (AvgIpc) is 2.43. The molecule has 0 spiro atoms. The zero-order valence-electron chi connectivity index (χ0n) is 12.9. The number of hydrogen-bond donors (Lipinski definition) is 2. The Bertz CT molecular complexity index is 336. The maximum Gasteiger partial charge on any atom is 0.234 e. The number of hydrogen-bond acceptors (Lipinski definition) is 5. The Morgan fingerprint density at radius 2 is 1.85 bits per heavy atom. The molecule has 5 nitrogen and oxygen atoms in total. The van der Waals surface area contributed by atoms with Gasteiger partial charge >= 0.3 is 0 Å². The Labute approximate surface area is 125 Å². The van der Waals surface area contributed by atoms with Gasteiger partial charge < -0.3 is 10.1 Å². The second kappa shape index (κ2) is 9.13. The van der Waals surface area contributed by atoms with E-state index in [1.54, 1.807) is 13.8 Å². The van der Waals surface area contributed by atoms with Gasteiger partial charge in [0, 0.05) is 0 Å². The van der Waals surface area contributed by atoms with Crippen LogP contribution in [0.2, 0.25) is 0 Å². The van der Waals surface area contributed by atoms with Crippen LogP contribution in [-0.2, 0) is 14.4 Å². The van der Waals surface area contributed by atoms with Crippen molar-refractivity contribution >= 4 is 30.2 Å². The van der Waals surface area contributed by atoms with Gasteiger partial charge in [-0.3, -0.25) is 14.9 Å². The van der Waals surface area contributed by atoms with E-state index in [4.69, 9.17) is 0 Å². The molecule has 3 unspecified atom stereocenters. The van der Waals surface area contributed by atoms with E-state index in [1.165, 1.54) is 11.8 Å².